The predicted molar refractivity (Wildman–Crippen MR) is 62.0 cm³/mol. The number of nitrogens with one attached hydrogen (secondary N) is 1. The summed E-state index contributed by atoms with van der Waals surface area (Å²) in [5.74, 6) is 0. The van der Waals surface area contributed by atoms with Gasteiger partial charge in [0.05, 0.1) is 24.6 Å². The molecule has 0 amide bonds. The highest BCUT2D eigenvalue weighted by atomic mass is 16.5. The monoisotopic (exact) mass is 221 g/mol. The number of hydrogen-bond acceptors (Lipinski definition) is 4. The first-order valence-electron chi connectivity index (χ1n) is 5.97. The Kier molecular flexibility index (Phi) is 4.25. The molecule has 1 aliphatic heterocycles. The topological polar surface area (TPSA) is 47.0 Å². The zero-order valence-corrected chi connectivity index (χ0v) is 9.72. The average Bonchev–Trinajstić information content (AvgIpc) is 2.38. The second kappa shape index (κ2) is 5.92. The van der Waals surface area contributed by atoms with Crippen molar-refractivity contribution < 1.29 is 4.74 Å². The maximum atomic E-state index is 5.80. The van der Waals surface area contributed by atoms with Crippen LogP contribution in [0.2, 0.25) is 0 Å². The maximum Gasteiger partial charge on any atom is 0.0982 e. The van der Waals surface area contributed by atoms with E-state index in [-0.39, 0.29) is 6.10 Å². The lowest BCUT2D eigenvalue weighted by Gasteiger charge is -2.24. The summed E-state index contributed by atoms with van der Waals surface area (Å²) in [6, 6.07) is 0.507. The van der Waals surface area contributed by atoms with E-state index >= 15 is 0 Å². The first kappa shape index (κ1) is 11.5. The van der Waals surface area contributed by atoms with Crippen LogP contribution in [0.25, 0.3) is 0 Å². The highest BCUT2D eigenvalue weighted by Crippen LogP contribution is 2.15. The van der Waals surface area contributed by atoms with Gasteiger partial charge in [-0.2, -0.15) is 0 Å². The number of aromatic nitrogens is 2. The van der Waals surface area contributed by atoms with Crippen molar-refractivity contribution in [1.82, 2.24) is 15.3 Å². The molecule has 2 heterocycles. The van der Waals surface area contributed by atoms with E-state index in [4.69, 9.17) is 4.74 Å². The molecule has 0 radical (unpaired) electrons. The summed E-state index contributed by atoms with van der Waals surface area (Å²) in [6.45, 7) is 3.90. The van der Waals surface area contributed by atoms with Crippen LogP contribution in [0.3, 0.4) is 0 Å². The van der Waals surface area contributed by atoms with Crippen molar-refractivity contribution in [2.45, 2.75) is 38.3 Å². The molecule has 4 heteroatoms. The molecular formula is C12H19N3O. The third-order valence-electron chi connectivity index (χ3n) is 2.96. The Morgan fingerprint density at radius 2 is 2.44 bits per heavy atom. The van der Waals surface area contributed by atoms with Gasteiger partial charge in [0, 0.05) is 18.4 Å². The molecule has 2 rings (SSSR count). The van der Waals surface area contributed by atoms with Gasteiger partial charge >= 0.3 is 0 Å². The van der Waals surface area contributed by atoms with E-state index in [1.165, 1.54) is 19.3 Å². The van der Waals surface area contributed by atoms with E-state index < -0.39 is 0 Å². The summed E-state index contributed by atoms with van der Waals surface area (Å²) >= 11 is 0. The molecule has 1 saturated heterocycles. The number of rotatable bonds is 4. The van der Waals surface area contributed by atoms with Crippen LogP contribution in [0.15, 0.2) is 18.6 Å². The van der Waals surface area contributed by atoms with E-state index in [0.717, 1.165) is 18.8 Å². The second-order valence-corrected chi connectivity index (χ2v) is 4.25. The molecule has 0 aromatic carbocycles. The van der Waals surface area contributed by atoms with Crippen molar-refractivity contribution in [2.75, 3.05) is 13.2 Å². The van der Waals surface area contributed by atoms with Gasteiger partial charge in [-0.3, -0.25) is 9.97 Å². The fourth-order valence-corrected chi connectivity index (χ4v) is 1.93. The van der Waals surface area contributed by atoms with E-state index in [0.29, 0.717) is 6.04 Å². The molecule has 0 bridgehead atoms. The Morgan fingerprint density at radius 3 is 3.12 bits per heavy atom. The zero-order valence-electron chi connectivity index (χ0n) is 9.72. The van der Waals surface area contributed by atoms with Crippen molar-refractivity contribution in [1.29, 1.82) is 0 Å². The zero-order chi connectivity index (χ0) is 11.2. The minimum Gasteiger partial charge on any atom is -0.371 e. The van der Waals surface area contributed by atoms with Gasteiger partial charge in [0.15, 0.2) is 0 Å². The van der Waals surface area contributed by atoms with Crippen molar-refractivity contribution in [3.63, 3.8) is 0 Å². The summed E-state index contributed by atoms with van der Waals surface area (Å²) in [7, 11) is 0. The molecular weight excluding hydrogens is 202 g/mol. The molecule has 1 aromatic rings. The molecule has 1 aliphatic rings. The SMILES string of the molecule is CC(OCC1CCCCN1)c1cnccn1. The Hall–Kier alpha value is -1.00. The van der Waals surface area contributed by atoms with Crippen molar-refractivity contribution in [3.8, 4) is 0 Å². The molecule has 0 spiro atoms. The summed E-state index contributed by atoms with van der Waals surface area (Å²) in [6.07, 6.45) is 8.98. The lowest BCUT2D eigenvalue weighted by atomic mass is 10.1. The fraction of sp³-hybridized carbons (Fsp3) is 0.667. The molecule has 1 N–H and O–H groups in total. The predicted octanol–water partition coefficient (Wildman–Crippen LogP) is 1.70. The average molecular weight is 221 g/mol. The van der Waals surface area contributed by atoms with Gasteiger partial charge in [0.1, 0.15) is 0 Å². The number of hydrogen-bond donors (Lipinski definition) is 1. The van der Waals surface area contributed by atoms with E-state index in [9.17, 15) is 0 Å². The highest BCUT2D eigenvalue weighted by molar-refractivity contribution is 4.98. The van der Waals surface area contributed by atoms with Crippen LogP contribution < -0.4 is 5.32 Å². The molecule has 16 heavy (non-hydrogen) atoms. The summed E-state index contributed by atoms with van der Waals surface area (Å²) < 4.78 is 5.80. The quantitative estimate of drug-likeness (QED) is 0.840. The van der Waals surface area contributed by atoms with Gasteiger partial charge in [-0.15, -0.1) is 0 Å². The lowest BCUT2D eigenvalue weighted by molar-refractivity contribution is 0.0414. The van der Waals surface area contributed by atoms with Crippen LogP contribution in [-0.2, 0) is 4.74 Å². The normalized spacial score (nSPS) is 22.9. The van der Waals surface area contributed by atoms with Crippen LogP contribution in [0.1, 0.15) is 38.0 Å². The molecule has 4 nitrogen and oxygen atoms in total. The highest BCUT2D eigenvalue weighted by Gasteiger charge is 2.15. The number of nitrogens with zero attached hydrogens (tertiary/aromatic N) is 2. The molecule has 0 saturated carbocycles. The Balaban J connectivity index is 1.77. The van der Waals surface area contributed by atoms with Crippen LogP contribution >= 0.6 is 0 Å². The van der Waals surface area contributed by atoms with Gasteiger partial charge in [-0.1, -0.05) is 6.42 Å². The van der Waals surface area contributed by atoms with Gasteiger partial charge in [-0.05, 0) is 26.3 Å². The maximum absolute atomic E-state index is 5.80. The first-order chi connectivity index (χ1) is 7.86. The van der Waals surface area contributed by atoms with Crippen LogP contribution in [0, 0.1) is 0 Å². The van der Waals surface area contributed by atoms with Crippen LogP contribution in [0.4, 0.5) is 0 Å². The Morgan fingerprint density at radius 1 is 1.50 bits per heavy atom. The van der Waals surface area contributed by atoms with Crippen molar-refractivity contribution in [3.05, 3.63) is 24.3 Å². The van der Waals surface area contributed by atoms with Crippen LogP contribution in [0.5, 0.6) is 0 Å². The summed E-state index contributed by atoms with van der Waals surface area (Å²) in [4.78, 5) is 8.28. The minimum absolute atomic E-state index is 0.0254. The lowest BCUT2D eigenvalue weighted by Crippen LogP contribution is -2.37. The molecule has 2 atom stereocenters. The second-order valence-electron chi connectivity index (χ2n) is 4.25. The Labute approximate surface area is 96.4 Å². The van der Waals surface area contributed by atoms with Gasteiger partial charge in [-0.25, -0.2) is 0 Å². The third-order valence-corrected chi connectivity index (χ3v) is 2.96. The van der Waals surface area contributed by atoms with Crippen LogP contribution in [-0.4, -0.2) is 29.2 Å². The minimum atomic E-state index is 0.0254. The fourth-order valence-electron chi connectivity index (χ4n) is 1.93. The summed E-state index contributed by atoms with van der Waals surface area (Å²) in [5.41, 5.74) is 0.901. The van der Waals surface area contributed by atoms with Crippen molar-refractivity contribution >= 4 is 0 Å². The summed E-state index contributed by atoms with van der Waals surface area (Å²) in [5, 5.41) is 3.46. The largest absolute Gasteiger partial charge is 0.371 e. The van der Waals surface area contributed by atoms with Crippen molar-refractivity contribution in [2.24, 2.45) is 0 Å². The Bertz CT molecular complexity index is 298. The molecule has 88 valence electrons. The van der Waals surface area contributed by atoms with E-state index in [1.54, 1.807) is 18.6 Å². The molecule has 2 unspecified atom stereocenters. The van der Waals surface area contributed by atoms with Gasteiger partial charge < -0.3 is 10.1 Å². The molecule has 0 aliphatic carbocycles. The first-order valence-corrected chi connectivity index (χ1v) is 5.97. The standard InChI is InChI=1S/C12H19N3O/c1-10(12-8-13-6-7-15-12)16-9-11-4-2-3-5-14-11/h6-8,10-11,14H,2-5,9H2,1H3. The van der Waals surface area contributed by atoms with E-state index in [2.05, 4.69) is 15.3 Å². The number of ether oxygens (including phenoxy) is 1. The number of piperidine rings is 1. The molecule has 1 aromatic heterocycles. The van der Waals surface area contributed by atoms with Gasteiger partial charge in [0.25, 0.3) is 0 Å². The van der Waals surface area contributed by atoms with E-state index in [1.807, 2.05) is 6.92 Å². The van der Waals surface area contributed by atoms with Gasteiger partial charge in [0.2, 0.25) is 0 Å². The smallest absolute Gasteiger partial charge is 0.0982 e. The molecule has 1 fully saturated rings. The third kappa shape index (κ3) is 3.25.